The van der Waals surface area contributed by atoms with E-state index in [1.54, 1.807) is 23.1 Å². The molecule has 0 N–H and O–H groups in total. The first-order valence-electron chi connectivity index (χ1n) is 8.33. The second-order valence-corrected chi connectivity index (χ2v) is 7.43. The number of nitrogens with zero attached hydrogens (tertiary/aromatic N) is 2. The molecule has 2 heterocycles. The fourth-order valence-corrected chi connectivity index (χ4v) is 4.38. The van der Waals surface area contributed by atoms with Crippen LogP contribution < -0.4 is 4.90 Å². The Morgan fingerprint density at radius 1 is 1.08 bits per heavy atom. The first kappa shape index (κ1) is 16.8. The molecule has 1 fully saturated rings. The third-order valence-corrected chi connectivity index (χ3v) is 5.78. The van der Waals surface area contributed by atoms with Crippen molar-refractivity contribution < 1.29 is 14.0 Å². The molecule has 2 aromatic carbocycles. The Balaban J connectivity index is 1.71. The Bertz CT molecular complexity index is 897. The molecular weight excluding hydrogens is 351 g/mol. The summed E-state index contributed by atoms with van der Waals surface area (Å²) in [7, 11) is 0. The second-order valence-electron chi connectivity index (χ2n) is 6.37. The fourth-order valence-electron chi connectivity index (χ4n) is 3.34. The summed E-state index contributed by atoms with van der Waals surface area (Å²) in [6.45, 7) is 2.20. The molecule has 3 amide bonds. The summed E-state index contributed by atoms with van der Waals surface area (Å²) in [5.41, 5.74) is 2.30. The summed E-state index contributed by atoms with van der Waals surface area (Å²) >= 11 is 1.43. The molecule has 2 aromatic rings. The van der Waals surface area contributed by atoms with Gasteiger partial charge in [0, 0.05) is 6.54 Å². The van der Waals surface area contributed by atoms with E-state index >= 15 is 0 Å². The summed E-state index contributed by atoms with van der Waals surface area (Å²) in [5, 5.41) is 1.52. The number of carbonyl (C=O) groups excluding carboxylic acids is 2. The summed E-state index contributed by atoms with van der Waals surface area (Å²) < 4.78 is 13.2. The van der Waals surface area contributed by atoms with E-state index in [1.165, 1.54) is 28.8 Å². The van der Waals surface area contributed by atoms with Crippen molar-refractivity contribution in [2.45, 2.75) is 24.8 Å². The Kier molecular flexibility index (Phi) is 4.28. The van der Waals surface area contributed by atoms with Crippen LogP contribution in [0.15, 0.2) is 60.0 Å². The van der Waals surface area contributed by atoms with Gasteiger partial charge in [0.15, 0.2) is 0 Å². The Morgan fingerprint density at radius 3 is 2.54 bits per heavy atom. The van der Waals surface area contributed by atoms with Crippen LogP contribution in [-0.2, 0) is 11.3 Å². The van der Waals surface area contributed by atoms with Crippen LogP contribution in [0.2, 0.25) is 0 Å². The van der Waals surface area contributed by atoms with Crippen LogP contribution in [0.5, 0.6) is 0 Å². The van der Waals surface area contributed by atoms with E-state index in [9.17, 15) is 14.0 Å². The molecule has 2 atom stereocenters. The number of hydrogen-bond acceptors (Lipinski definition) is 3. The van der Waals surface area contributed by atoms with Crippen LogP contribution >= 0.6 is 11.8 Å². The van der Waals surface area contributed by atoms with Crippen molar-refractivity contribution in [3.8, 4) is 0 Å². The van der Waals surface area contributed by atoms with Gasteiger partial charge in [0.05, 0.1) is 11.7 Å². The number of imide groups is 1. The normalized spacial score (nSPS) is 22.1. The van der Waals surface area contributed by atoms with Gasteiger partial charge in [-0.05, 0) is 41.7 Å². The number of hydrogen-bond donors (Lipinski definition) is 0. The zero-order valence-corrected chi connectivity index (χ0v) is 14.9. The third-order valence-electron chi connectivity index (χ3n) is 4.69. The van der Waals surface area contributed by atoms with Gasteiger partial charge in [0.25, 0.3) is 5.91 Å². The minimum atomic E-state index is -0.354. The molecule has 0 aromatic heterocycles. The van der Waals surface area contributed by atoms with Gasteiger partial charge in [0.2, 0.25) is 0 Å². The van der Waals surface area contributed by atoms with Crippen molar-refractivity contribution >= 4 is 29.4 Å². The number of urea groups is 1. The second kappa shape index (κ2) is 6.61. The number of thioether (sulfide) groups is 1. The van der Waals surface area contributed by atoms with Crippen LogP contribution in [0.4, 0.5) is 14.9 Å². The lowest BCUT2D eigenvalue weighted by Gasteiger charge is -2.41. The number of rotatable bonds is 3. The highest BCUT2D eigenvalue weighted by molar-refractivity contribution is 8.03. The molecule has 2 unspecified atom stereocenters. The highest BCUT2D eigenvalue weighted by atomic mass is 32.2. The molecule has 0 spiro atoms. The lowest BCUT2D eigenvalue weighted by Crippen LogP contribution is -2.61. The van der Waals surface area contributed by atoms with Crippen molar-refractivity contribution in [3.63, 3.8) is 0 Å². The van der Waals surface area contributed by atoms with Crippen LogP contribution in [0.1, 0.15) is 11.1 Å². The zero-order valence-electron chi connectivity index (χ0n) is 14.1. The van der Waals surface area contributed by atoms with Gasteiger partial charge in [-0.3, -0.25) is 4.79 Å². The smallest absolute Gasteiger partial charge is 0.312 e. The van der Waals surface area contributed by atoms with E-state index in [0.29, 0.717) is 12.2 Å². The fraction of sp³-hybridized carbons (Fsp3) is 0.200. The molecule has 0 saturated carbocycles. The predicted molar refractivity (Wildman–Crippen MR) is 100 cm³/mol. The van der Waals surface area contributed by atoms with E-state index in [1.807, 2.05) is 36.6 Å². The number of aryl methyl sites for hydroxylation is 1. The number of benzene rings is 2. The average Bonchev–Trinajstić information content (AvgIpc) is 3.12. The topological polar surface area (TPSA) is 40.6 Å². The van der Waals surface area contributed by atoms with Crippen molar-refractivity contribution in [1.82, 2.24) is 4.90 Å². The number of para-hydroxylation sites is 1. The highest BCUT2D eigenvalue weighted by Gasteiger charge is 2.48. The van der Waals surface area contributed by atoms with Gasteiger partial charge >= 0.3 is 6.03 Å². The lowest BCUT2D eigenvalue weighted by molar-refractivity contribution is -0.119. The minimum Gasteiger partial charge on any atom is -0.312 e. The van der Waals surface area contributed by atoms with Gasteiger partial charge in [-0.25, -0.2) is 14.1 Å². The first-order chi connectivity index (χ1) is 12.6. The van der Waals surface area contributed by atoms with Crippen molar-refractivity contribution in [1.29, 1.82) is 0 Å². The Morgan fingerprint density at radius 2 is 1.81 bits per heavy atom. The summed E-state index contributed by atoms with van der Waals surface area (Å²) in [4.78, 5) is 29.2. The SMILES string of the molecule is Cc1ccccc1N1C(=O)C2SC=CC2N(Cc2ccc(F)cc2)C1=O. The average molecular weight is 368 g/mol. The van der Waals surface area contributed by atoms with Gasteiger partial charge < -0.3 is 4.90 Å². The maximum absolute atomic E-state index is 13.2. The molecule has 132 valence electrons. The number of amides is 3. The quantitative estimate of drug-likeness (QED) is 0.819. The van der Waals surface area contributed by atoms with Gasteiger partial charge in [-0.1, -0.05) is 36.4 Å². The number of anilines is 1. The van der Waals surface area contributed by atoms with Gasteiger partial charge in [0.1, 0.15) is 11.1 Å². The summed E-state index contributed by atoms with van der Waals surface area (Å²) in [6.07, 6.45) is 1.89. The van der Waals surface area contributed by atoms with E-state index in [0.717, 1.165) is 11.1 Å². The summed E-state index contributed by atoms with van der Waals surface area (Å²) in [6, 6.07) is 12.8. The zero-order chi connectivity index (χ0) is 18.3. The molecule has 4 rings (SSSR count). The van der Waals surface area contributed by atoms with Gasteiger partial charge in [-0.15, -0.1) is 11.8 Å². The molecule has 1 saturated heterocycles. The van der Waals surface area contributed by atoms with Crippen molar-refractivity contribution in [3.05, 3.63) is 77.0 Å². The van der Waals surface area contributed by atoms with E-state index in [2.05, 4.69) is 0 Å². The van der Waals surface area contributed by atoms with Crippen molar-refractivity contribution in [2.24, 2.45) is 0 Å². The maximum atomic E-state index is 13.2. The van der Waals surface area contributed by atoms with Crippen LogP contribution in [-0.4, -0.2) is 28.1 Å². The summed E-state index contributed by atoms with van der Waals surface area (Å²) in [5.74, 6) is -0.510. The van der Waals surface area contributed by atoms with E-state index < -0.39 is 0 Å². The molecule has 0 aliphatic carbocycles. The van der Waals surface area contributed by atoms with Crippen molar-refractivity contribution in [2.75, 3.05) is 4.90 Å². The molecule has 4 nitrogen and oxygen atoms in total. The number of carbonyl (C=O) groups is 2. The molecule has 2 aliphatic heterocycles. The maximum Gasteiger partial charge on any atom is 0.332 e. The van der Waals surface area contributed by atoms with Crippen LogP contribution in [0.25, 0.3) is 0 Å². The molecule has 0 radical (unpaired) electrons. The lowest BCUT2D eigenvalue weighted by atomic mass is 10.0. The molecular formula is C20H17FN2O2S. The Labute approximate surface area is 155 Å². The van der Waals surface area contributed by atoms with Gasteiger partial charge in [-0.2, -0.15) is 0 Å². The number of fused-ring (bicyclic) bond motifs is 1. The standard InChI is InChI=1S/C20H17FN2O2S/c1-13-4-2-3-5-16(13)23-19(24)18-17(10-11-26-18)22(20(23)25)12-14-6-8-15(21)9-7-14/h2-11,17-18H,12H2,1H3. The molecule has 2 aliphatic rings. The predicted octanol–water partition coefficient (Wildman–Crippen LogP) is 4.10. The third kappa shape index (κ3) is 2.80. The molecule has 26 heavy (non-hydrogen) atoms. The van der Waals surface area contributed by atoms with Crippen LogP contribution in [0.3, 0.4) is 0 Å². The monoisotopic (exact) mass is 368 g/mol. The first-order valence-corrected chi connectivity index (χ1v) is 9.27. The van der Waals surface area contributed by atoms with E-state index in [4.69, 9.17) is 0 Å². The minimum absolute atomic E-state index is 0.195. The van der Waals surface area contributed by atoms with E-state index in [-0.39, 0.29) is 29.0 Å². The Hall–Kier alpha value is -2.60. The largest absolute Gasteiger partial charge is 0.332 e. The molecule has 6 heteroatoms. The highest BCUT2D eigenvalue weighted by Crippen LogP contribution is 2.37. The number of halogens is 1. The molecule has 0 bridgehead atoms. The van der Waals surface area contributed by atoms with Crippen LogP contribution in [0, 0.1) is 12.7 Å².